The number of benzene rings is 1. The van der Waals surface area contributed by atoms with Gasteiger partial charge in [0, 0.05) is 12.0 Å². The van der Waals surface area contributed by atoms with Crippen molar-refractivity contribution in [2.24, 2.45) is 5.73 Å². The fourth-order valence-corrected chi connectivity index (χ4v) is 2.29. The number of nitrogens with two attached hydrogens (primary N) is 1. The lowest BCUT2D eigenvalue weighted by Crippen LogP contribution is -2.29. The fourth-order valence-electron chi connectivity index (χ4n) is 2.29. The molecule has 0 aliphatic heterocycles. The van der Waals surface area contributed by atoms with Crippen molar-refractivity contribution in [1.29, 1.82) is 0 Å². The molecule has 0 aliphatic rings. The number of hydrogen-bond acceptors (Lipinski definition) is 3. The molecular formula is C17H27NO2. The Balaban J connectivity index is 2.99. The molecule has 2 N–H and O–H groups in total. The van der Waals surface area contributed by atoms with Gasteiger partial charge in [-0.25, -0.2) is 0 Å². The van der Waals surface area contributed by atoms with Crippen LogP contribution in [0.4, 0.5) is 0 Å². The highest BCUT2D eigenvalue weighted by atomic mass is 16.5. The third-order valence-corrected chi connectivity index (χ3v) is 3.81. The van der Waals surface area contributed by atoms with Crippen LogP contribution in [0.5, 0.6) is 0 Å². The first-order valence-electron chi connectivity index (χ1n) is 7.22. The first-order chi connectivity index (χ1) is 9.29. The van der Waals surface area contributed by atoms with Gasteiger partial charge >= 0.3 is 5.97 Å². The van der Waals surface area contributed by atoms with E-state index in [1.165, 1.54) is 12.7 Å². The SMILES string of the molecule is CCC(N)C(CC(=O)OC)c1ccc(C(C)(C)C)cc1. The van der Waals surface area contributed by atoms with Gasteiger partial charge in [-0.15, -0.1) is 0 Å². The fraction of sp³-hybridized carbons (Fsp3) is 0.588. The molecule has 2 atom stereocenters. The Hall–Kier alpha value is -1.35. The summed E-state index contributed by atoms with van der Waals surface area (Å²) in [4.78, 5) is 11.6. The van der Waals surface area contributed by atoms with Crippen LogP contribution in [-0.2, 0) is 14.9 Å². The first-order valence-corrected chi connectivity index (χ1v) is 7.22. The van der Waals surface area contributed by atoms with E-state index in [9.17, 15) is 4.79 Å². The summed E-state index contributed by atoms with van der Waals surface area (Å²) in [5.74, 6) is -0.194. The minimum absolute atomic E-state index is 0.0152. The van der Waals surface area contributed by atoms with Crippen molar-refractivity contribution in [1.82, 2.24) is 0 Å². The van der Waals surface area contributed by atoms with Crippen LogP contribution in [0, 0.1) is 0 Å². The van der Waals surface area contributed by atoms with Gasteiger partial charge in [0.25, 0.3) is 0 Å². The summed E-state index contributed by atoms with van der Waals surface area (Å²) >= 11 is 0. The lowest BCUT2D eigenvalue weighted by molar-refractivity contribution is -0.141. The summed E-state index contributed by atoms with van der Waals surface area (Å²) in [5.41, 5.74) is 8.69. The number of esters is 1. The predicted molar refractivity (Wildman–Crippen MR) is 82.8 cm³/mol. The quantitative estimate of drug-likeness (QED) is 0.840. The standard InChI is InChI=1S/C17H27NO2/c1-6-15(18)14(11-16(19)20-5)12-7-9-13(10-8-12)17(2,3)4/h7-10,14-15H,6,11,18H2,1-5H3. The molecule has 0 saturated heterocycles. The Morgan fingerprint density at radius 1 is 1.25 bits per heavy atom. The van der Waals surface area contributed by atoms with Crippen molar-refractivity contribution < 1.29 is 9.53 Å². The van der Waals surface area contributed by atoms with Gasteiger partial charge in [-0.3, -0.25) is 4.79 Å². The molecule has 20 heavy (non-hydrogen) atoms. The summed E-state index contributed by atoms with van der Waals surface area (Å²) in [6.45, 7) is 8.60. The van der Waals surface area contributed by atoms with Gasteiger partial charge in [0.2, 0.25) is 0 Å². The minimum Gasteiger partial charge on any atom is -0.469 e. The molecule has 3 heteroatoms. The van der Waals surface area contributed by atoms with E-state index in [-0.39, 0.29) is 23.3 Å². The molecule has 3 nitrogen and oxygen atoms in total. The maximum atomic E-state index is 11.6. The van der Waals surface area contributed by atoms with Crippen LogP contribution in [0.25, 0.3) is 0 Å². The number of ether oxygens (including phenoxy) is 1. The largest absolute Gasteiger partial charge is 0.469 e. The van der Waals surface area contributed by atoms with E-state index in [4.69, 9.17) is 10.5 Å². The highest BCUT2D eigenvalue weighted by Gasteiger charge is 2.23. The third-order valence-electron chi connectivity index (χ3n) is 3.81. The molecule has 1 aromatic rings. The molecule has 0 aliphatic carbocycles. The smallest absolute Gasteiger partial charge is 0.306 e. The molecule has 0 fully saturated rings. The van der Waals surface area contributed by atoms with Crippen LogP contribution in [0.3, 0.4) is 0 Å². The number of hydrogen-bond donors (Lipinski definition) is 1. The summed E-state index contributed by atoms with van der Waals surface area (Å²) in [6.07, 6.45) is 1.17. The monoisotopic (exact) mass is 277 g/mol. The van der Waals surface area contributed by atoms with Crippen molar-refractivity contribution in [2.75, 3.05) is 7.11 Å². The van der Waals surface area contributed by atoms with Crippen LogP contribution in [0.2, 0.25) is 0 Å². The zero-order chi connectivity index (χ0) is 15.3. The predicted octanol–water partition coefficient (Wildman–Crippen LogP) is 3.37. The van der Waals surface area contributed by atoms with E-state index >= 15 is 0 Å². The number of carbonyl (C=O) groups is 1. The van der Waals surface area contributed by atoms with Gasteiger partial charge in [-0.1, -0.05) is 52.0 Å². The number of rotatable bonds is 5. The summed E-state index contributed by atoms with van der Waals surface area (Å²) in [5, 5.41) is 0. The van der Waals surface area contributed by atoms with E-state index in [2.05, 4.69) is 45.0 Å². The van der Waals surface area contributed by atoms with Gasteiger partial charge < -0.3 is 10.5 Å². The van der Waals surface area contributed by atoms with E-state index in [1.54, 1.807) is 0 Å². The van der Waals surface area contributed by atoms with Crippen molar-refractivity contribution in [3.8, 4) is 0 Å². The van der Waals surface area contributed by atoms with Crippen molar-refractivity contribution in [3.63, 3.8) is 0 Å². The lowest BCUT2D eigenvalue weighted by atomic mass is 9.83. The van der Waals surface area contributed by atoms with Crippen LogP contribution in [0.1, 0.15) is 57.6 Å². The highest BCUT2D eigenvalue weighted by Crippen LogP contribution is 2.28. The molecule has 0 saturated carbocycles. The number of carbonyl (C=O) groups excluding carboxylic acids is 1. The van der Waals surface area contributed by atoms with Gasteiger partial charge in [-0.2, -0.15) is 0 Å². The molecule has 0 spiro atoms. The Labute approximate surface area is 122 Å². The van der Waals surface area contributed by atoms with Gasteiger partial charge in [0.1, 0.15) is 0 Å². The normalized spacial score (nSPS) is 14.7. The second-order valence-corrected chi connectivity index (χ2v) is 6.33. The Bertz CT molecular complexity index is 431. The molecule has 1 rings (SSSR count). The zero-order valence-electron chi connectivity index (χ0n) is 13.3. The van der Waals surface area contributed by atoms with Gasteiger partial charge in [0.05, 0.1) is 13.5 Å². The molecular weight excluding hydrogens is 250 g/mol. The molecule has 112 valence electrons. The second kappa shape index (κ2) is 6.89. The van der Waals surface area contributed by atoms with E-state index in [0.717, 1.165) is 12.0 Å². The summed E-state index contributed by atoms with van der Waals surface area (Å²) in [6, 6.07) is 8.40. The third kappa shape index (κ3) is 4.34. The van der Waals surface area contributed by atoms with E-state index < -0.39 is 0 Å². The van der Waals surface area contributed by atoms with Gasteiger partial charge in [0.15, 0.2) is 0 Å². The van der Waals surface area contributed by atoms with Crippen LogP contribution < -0.4 is 5.73 Å². The average Bonchev–Trinajstić information content (AvgIpc) is 2.42. The maximum absolute atomic E-state index is 11.6. The molecule has 2 unspecified atom stereocenters. The average molecular weight is 277 g/mol. The summed E-state index contributed by atoms with van der Waals surface area (Å²) < 4.78 is 4.78. The maximum Gasteiger partial charge on any atom is 0.306 e. The zero-order valence-corrected chi connectivity index (χ0v) is 13.3. The molecule has 0 aromatic heterocycles. The van der Waals surface area contributed by atoms with Crippen LogP contribution >= 0.6 is 0 Å². The molecule has 0 radical (unpaired) electrons. The van der Waals surface area contributed by atoms with Gasteiger partial charge in [-0.05, 0) is 23.0 Å². The van der Waals surface area contributed by atoms with Crippen molar-refractivity contribution in [3.05, 3.63) is 35.4 Å². The van der Waals surface area contributed by atoms with Crippen LogP contribution in [0.15, 0.2) is 24.3 Å². The molecule has 0 heterocycles. The molecule has 1 aromatic carbocycles. The van der Waals surface area contributed by atoms with Crippen molar-refractivity contribution >= 4 is 5.97 Å². The second-order valence-electron chi connectivity index (χ2n) is 6.33. The van der Waals surface area contributed by atoms with E-state index in [1.807, 2.05) is 6.92 Å². The molecule has 0 bridgehead atoms. The first kappa shape index (κ1) is 16.7. The number of methoxy groups -OCH3 is 1. The minimum atomic E-state index is -0.209. The summed E-state index contributed by atoms with van der Waals surface area (Å²) in [7, 11) is 1.42. The Morgan fingerprint density at radius 2 is 1.80 bits per heavy atom. The topological polar surface area (TPSA) is 52.3 Å². The Kier molecular flexibility index (Phi) is 5.75. The van der Waals surface area contributed by atoms with Crippen LogP contribution in [-0.4, -0.2) is 19.1 Å². The lowest BCUT2D eigenvalue weighted by Gasteiger charge is -2.24. The Morgan fingerprint density at radius 3 is 2.20 bits per heavy atom. The molecule has 0 amide bonds. The highest BCUT2D eigenvalue weighted by molar-refractivity contribution is 5.70. The van der Waals surface area contributed by atoms with Crippen molar-refractivity contribution in [2.45, 2.75) is 57.9 Å². The van der Waals surface area contributed by atoms with E-state index in [0.29, 0.717) is 6.42 Å².